The summed E-state index contributed by atoms with van der Waals surface area (Å²) < 4.78 is 5.96. The van der Waals surface area contributed by atoms with Crippen molar-refractivity contribution in [1.29, 1.82) is 0 Å². The summed E-state index contributed by atoms with van der Waals surface area (Å²) in [6.07, 6.45) is 1.61. The zero-order valence-electron chi connectivity index (χ0n) is 17.2. The van der Waals surface area contributed by atoms with E-state index in [0.29, 0.717) is 32.9 Å². The summed E-state index contributed by atoms with van der Waals surface area (Å²) in [5.41, 5.74) is 3.48. The van der Waals surface area contributed by atoms with Crippen molar-refractivity contribution in [2.45, 2.75) is 20.1 Å². The first-order valence-electron chi connectivity index (χ1n) is 9.87. The Morgan fingerprint density at radius 3 is 2.47 bits per heavy atom. The number of rotatable bonds is 6. The number of hydrogen-bond donors (Lipinski definition) is 0. The van der Waals surface area contributed by atoms with Gasteiger partial charge in [-0.3, -0.25) is 14.5 Å². The molecular weight excluding hydrogens is 465 g/mol. The second-order valence-electron chi connectivity index (χ2n) is 7.34. The van der Waals surface area contributed by atoms with Crippen LogP contribution in [-0.4, -0.2) is 16.0 Å². The van der Waals surface area contributed by atoms with Crippen molar-refractivity contribution in [3.63, 3.8) is 0 Å². The molecule has 1 aliphatic rings. The van der Waals surface area contributed by atoms with Crippen LogP contribution in [0.25, 0.3) is 6.08 Å². The van der Waals surface area contributed by atoms with Gasteiger partial charge in [0.15, 0.2) is 0 Å². The zero-order valence-corrected chi connectivity index (χ0v) is 19.5. The van der Waals surface area contributed by atoms with E-state index in [1.165, 1.54) is 4.90 Å². The van der Waals surface area contributed by atoms with E-state index >= 15 is 0 Å². The highest BCUT2D eigenvalue weighted by Crippen LogP contribution is 2.38. The third kappa shape index (κ3) is 5.18. The summed E-state index contributed by atoms with van der Waals surface area (Å²) in [7, 11) is 0. The Morgan fingerprint density at radius 2 is 1.72 bits per heavy atom. The van der Waals surface area contributed by atoms with Gasteiger partial charge in [0.1, 0.15) is 12.4 Å². The second-order valence-corrected chi connectivity index (χ2v) is 9.17. The molecule has 0 aliphatic carbocycles. The number of carbonyl (C=O) groups is 2. The smallest absolute Gasteiger partial charge is 0.293 e. The molecular formula is C25H19Cl2NO3S. The van der Waals surface area contributed by atoms with Gasteiger partial charge >= 0.3 is 0 Å². The molecule has 1 aliphatic heterocycles. The summed E-state index contributed by atoms with van der Waals surface area (Å²) in [6.45, 7) is 2.49. The monoisotopic (exact) mass is 483 g/mol. The highest BCUT2D eigenvalue weighted by molar-refractivity contribution is 8.18. The van der Waals surface area contributed by atoms with Gasteiger partial charge in [-0.2, -0.15) is 0 Å². The zero-order chi connectivity index (χ0) is 22.7. The number of imide groups is 1. The normalized spacial score (nSPS) is 15.0. The number of hydrogen-bond acceptors (Lipinski definition) is 4. The number of aryl methyl sites for hydroxylation is 1. The van der Waals surface area contributed by atoms with Crippen LogP contribution in [0.3, 0.4) is 0 Å². The fourth-order valence-corrected chi connectivity index (χ4v) is 4.73. The minimum atomic E-state index is -0.355. The van der Waals surface area contributed by atoms with E-state index in [1.54, 1.807) is 18.2 Å². The fraction of sp³-hybridized carbons (Fsp3) is 0.120. The average molecular weight is 484 g/mol. The molecule has 3 aromatic carbocycles. The first-order chi connectivity index (χ1) is 15.4. The maximum Gasteiger partial charge on any atom is 0.293 e. The Bertz CT molecular complexity index is 1210. The molecule has 32 heavy (non-hydrogen) atoms. The lowest BCUT2D eigenvalue weighted by molar-refractivity contribution is -0.123. The minimum Gasteiger partial charge on any atom is -0.487 e. The average Bonchev–Trinajstić information content (AvgIpc) is 3.01. The van der Waals surface area contributed by atoms with Crippen molar-refractivity contribution < 1.29 is 14.3 Å². The molecule has 0 N–H and O–H groups in total. The molecule has 1 fully saturated rings. The molecule has 0 saturated carbocycles. The molecule has 7 heteroatoms. The molecule has 1 saturated heterocycles. The standard InChI is InChI=1S/C25H19Cl2NO3S/c1-16-6-5-9-18(10-16)14-28-24(29)22(32-25(28)30)12-19-11-20(26)13-21(27)23(19)31-15-17-7-3-2-4-8-17/h2-13H,14-15H2,1H3/b22-12-. The molecule has 0 unspecified atom stereocenters. The minimum absolute atomic E-state index is 0.220. The predicted molar refractivity (Wildman–Crippen MR) is 130 cm³/mol. The van der Waals surface area contributed by atoms with Crippen molar-refractivity contribution in [3.05, 3.63) is 104 Å². The van der Waals surface area contributed by atoms with Crippen LogP contribution in [0.2, 0.25) is 10.0 Å². The van der Waals surface area contributed by atoms with Crippen LogP contribution in [0.15, 0.2) is 71.6 Å². The number of carbonyl (C=O) groups excluding carboxylic acids is 2. The number of halogens is 2. The van der Waals surface area contributed by atoms with E-state index < -0.39 is 0 Å². The highest BCUT2D eigenvalue weighted by Gasteiger charge is 2.35. The summed E-state index contributed by atoms with van der Waals surface area (Å²) in [4.78, 5) is 27.1. The first kappa shape index (κ1) is 22.5. The maximum atomic E-state index is 13.0. The van der Waals surface area contributed by atoms with Gasteiger partial charge in [0, 0.05) is 10.6 Å². The lowest BCUT2D eigenvalue weighted by Crippen LogP contribution is -2.27. The van der Waals surface area contributed by atoms with Crippen LogP contribution in [-0.2, 0) is 17.9 Å². The van der Waals surface area contributed by atoms with E-state index in [-0.39, 0.29) is 17.7 Å². The highest BCUT2D eigenvalue weighted by atomic mass is 35.5. The molecule has 2 amide bonds. The second kappa shape index (κ2) is 9.82. The van der Waals surface area contributed by atoms with Gasteiger partial charge in [0.2, 0.25) is 0 Å². The van der Waals surface area contributed by atoms with Gasteiger partial charge < -0.3 is 4.74 Å². The predicted octanol–water partition coefficient (Wildman–Crippen LogP) is 7.12. The molecule has 4 rings (SSSR count). The number of benzene rings is 3. The molecule has 0 bridgehead atoms. The lowest BCUT2D eigenvalue weighted by atomic mass is 10.1. The topological polar surface area (TPSA) is 46.6 Å². The summed E-state index contributed by atoms with van der Waals surface area (Å²) >= 11 is 13.5. The van der Waals surface area contributed by atoms with Crippen molar-refractivity contribution in [2.75, 3.05) is 0 Å². The molecule has 1 heterocycles. The molecule has 0 atom stereocenters. The molecule has 0 radical (unpaired) electrons. The fourth-order valence-electron chi connectivity index (χ4n) is 3.34. The molecule has 162 valence electrons. The Morgan fingerprint density at radius 1 is 0.969 bits per heavy atom. The summed E-state index contributed by atoms with van der Waals surface area (Å²) in [5, 5.41) is 0.425. The van der Waals surface area contributed by atoms with Crippen molar-refractivity contribution in [3.8, 4) is 5.75 Å². The molecule has 3 aromatic rings. The Kier molecular flexibility index (Phi) is 6.89. The van der Waals surface area contributed by atoms with Gasteiger partial charge in [-0.25, -0.2) is 0 Å². The largest absolute Gasteiger partial charge is 0.487 e. The van der Waals surface area contributed by atoms with Gasteiger partial charge in [-0.1, -0.05) is 83.4 Å². The first-order valence-corrected chi connectivity index (χ1v) is 11.4. The summed E-state index contributed by atoms with van der Waals surface area (Å²) in [6, 6.07) is 20.6. The van der Waals surface area contributed by atoms with E-state index in [0.717, 1.165) is 28.5 Å². The van der Waals surface area contributed by atoms with E-state index in [2.05, 4.69) is 0 Å². The van der Waals surface area contributed by atoms with Crippen molar-refractivity contribution in [2.24, 2.45) is 0 Å². The van der Waals surface area contributed by atoms with Gasteiger partial charge in [-0.15, -0.1) is 0 Å². The number of nitrogens with zero attached hydrogens (tertiary/aromatic N) is 1. The SMILES string of the molecule is Cc1cccc(CN2C(=O)S/C(=C\c3cc(Cl)cc(Cl)c3OCc3ccccc3)C2=O)c1. The van der Waals surface area contributed by atoms with Crippen LogP contribution in [0.1, 0.15) is 22.3 Å². The molecule has 0 aromatic heterocycles. The quantitative estimate of drug-likeness (QED) is 0.350. The van der Waals surface area contributed by atoms with Crippen molar-refractivity contribution >= 4 is 52.2 Å². The van der Waals surface area contributed by atoms with Crippen LogP contribution in [0.5, 0.6) is 5.75 Å². The van der Waals surface area contributed by atoms with E-state index in [4.69, 9.17) is 27.9 Å². The maximum absolute atomic E-state index is 13.0. The van der Waals surface area contributed by atoms with Crippen LogP contribution < -0.4 is 4.74 Å². The van der Waals surface area contributed by atoms with Gasteiger partial charge in [0.05, 0.1) is 16.5 Å². The Hall–Kier alpha value is -2.73. The number of ether oxygens (including phenoxy) is 1. The lowest BCUT2D eigenvalue weighted by Gasteiger charge is -2.13. The Labute approximate surface area is 200 Å². The van der Waals surface area contributed by atoms with Gasteiger partial charge in [0.25, 0.3) is 11.1 Å². The van der Waals surface area contributed by atoms with E-state index in [1.807, 2.05) is 61.5 Å². The summed E-state index contributed by atoms with van der Waals surface area (Å²) in [5.74, 6) is 0.0528. The van der Waals surface area contributed by atoms with E-state index in [9.17, 15) is 9.59 Å². The third-order valence-electron chi connectivity index (χ3n) is 4.85. The molecule has 0 spiro atoms. The number of thioether (sulfide) groups is 1. The third-order valence-corrected chi connectivity index (χ3v) is 6.25. The van der Waals surface area contributed by atoms with Crippen LogP contribution in [0, 0.1) is 6.92 Å². The van der Waals surface area contributed by atoms with Crippen molar-refractivity contribution in [1.82, 2.24) is 4.90 Å². The van der Waals surface area contributed by atoms with Crippen LogP contribution >= 0.6 is 35.0 Å². The Balaban J connectivity index is 1.60. The van der Waals surface area contributed by atoms with Gasteiger partial charge in [-0.05, 0) is 48.0 Å². The number of amides is 2. The van der Waals surface area contributed by atoms with Crippen LogP contribution in [0.4, 0.5) is 4.79 Å². The molecule has 4 nitrogen and oxygen atoms in total.